The second-order valence-electron chi connectivity index (χ2n) is 7.63. The Labute approximate surface area is 146 Å². The molecular formula is C19H23N5O. The summed E-state index contributed by atoms with van der Waals surface area (Å²) in [6.45, 7) is 5.02. The molecular weight excluding hydrogens is 314 g/mol. The molecule has 2 aliphatic rings. The van der Waals surface area contributed by atoms with E-state index in [1.54, 1.807) is 0 Å². The molecule has 1 aliphatic heterocycles. The van der Waals surface area contributed by atoms with E-state index in [4.69, 9.17) is 9.40 Å². The number of piperidine rings is 1. The van der Waals surface area contributed by atoms with Gasteiger partial charge in [-0.1, -0.05) is 12.1 Å². The Morgan fingerprint density at radius 3 is 2.72 bits per heavy atom. The van der Waals surface area contributed by atoms with Crippen molar-refractivity contribution in [2.45, 2.75) is 38.6 Å². The number of hydrogen-bond acceptors (Lipinski definition) is 5. The third-order valence-electron chi connectivity index (χ3n) is 6.13. The van der Waals surface area contributed by atoms with E-state index < -0.39 is 0 Å². The van der Waals surface area contributed by atoms with Gasteiger partial charge in [0.25, 0.3) is 0 Å². The number of likely N-dealkylation sites (tertiary alicyclic amines) is 1. The highest BCUT2D eigenvalue weighted by molar-refractivity contribution is 5.75. The number of benzene rings is 1. The Morgan fingerprint density at radius 2 is 2.00 bits per heavy atom. The van der Waals surface area contributed by atoms with E-state index >= 15 is 0 Å². The van der Waals surface area contributed by atoms with Gasteiger partial charge in [-0.3, -0.25) is 4.90 Å². The van der Waals surface area contributed by atoms with Crippen LogP contribution in [-0.4, -0.2) is 37.7 Å². The van der Waals surface area contributed by atoms with Crippen molar-refractivity contribution in [2.24, 2.45) is 12.5 Å². The maximum Gasteiger partial charge on any atom is 0.220 e. The van der Waals surface area contributed by atoms with Gasteiger partial charge in [-0.05, 0) is 49.9 Å². The maximum atomic E-state index is 5.66. The van der Waals surface area contributed by atoms with Gasteiger partial charge in [-0.25, -0.2) is 4.98 Å². The first-order valence-electron chi connectivity index (χ1n) is 9.07. The summed E-state index contributed by atoms with van der Waals surface area (Å²) in [6, 6.07) is 8.35. The minimum atomic E-state index is 0.405. The van der Waals surface area contributed by atoms with Crippen molar-refractivity contribution in [3.05, 3.63) is 41.9 Å². The summed E-state index contributed by atoms with van der Waals surface area (Å²) < 4.78 is 7.88. The summed E-state index contributed by atoms with van der Waals surface area (Å²) in [5.41, 5.74) is 2.70. The molecule has 6 nitrogen and oxygen atoms in total. The van der Waals surface area contributed by atoms with Crippen molar-refractivity contribution in [1.29, 1.82) is 0 Å². The van der Waals surface area contributed by atoms with E-state index in [1.165, 1.54) is 24.8 Å². The summed E-state index contributed by atoms with van der Waals surface area (Å²) >= 11 is 0. The summed E-state index contributed by atoms with van der Waals surface area (Å²) in [7, 11) is 2.12. The number of fused-ring (bicyclic) bond motifs is 1. The fourth-order valence-electron chi connectivity index (χ4n) is 4.40. The molecule has 3 aromatic rings. The number of para-hydroxylation sites is 2. The van der Waals surface area contributed by atoms with Crippen LogP contribution in [0.25, 0.3) is 11.0 Å². The molecule has 5 rings (SSSR count). The van der Waals surface area contributed by atoms with Crippen LogP contribution >= 0.6 is 0 Å². The quantitative estimate of drug-likeness (QED) is 0.735. The maximum absolute atomic E-state index is 5.66. The van der Waals surface area contributed by atoms with Crippen LogP contribution in [0.15, 0.2) is 28.7 Å². The smallest absolute Gasteiger partial charge is 0.220 e. The first kappa shape index (κ1) is 15.1. The Morgan fingerprint density at radius 1 is 1.20 bits per heavy atom. The predicted octanol–water partition coefficient (Wildman–Crippen LogP) is 3.03. The monoisotopic (exact) mass is 337 g/mol. The molecule has 2 fully saturated rings. The highest BCUT2D eigenvalue weighted by Gasteiger charge is 2.58. The van der Waals surface area contributed by atoms with Crippen LogP contribution in [0.2, 0.25) is 0 Å². The lowest BCUT2D eigenvalue weighted by Gasteiger charge is -2.32. The first-order valence-corrected chi connectivity index (χ1v) is 9.07. The number of aryl methyl sites for hydroxylation is 2. The third-order valence-corrected chi connectivity index (χ3v) is 6.13. The lowest BCUT2D eigenvalue weighted by molar-refractivity contribution is 0.156. The van der Waals surface area contributed by atoms with Crippen molar-refractivity contribution < 1.29 is 4.42 Å². The average Bonchev–Trinajstić information content (AvgIpc) is 2.97. The number of rotatable bonds is 3. The normalized spacial score (nSPS) is 22.7. The Bertz CT molecular complexity index is 919. The molecule has 1 atom stereocenters. The highest BCUT2D eigenvalue weighted by atomic mass is 16.4. The Hall–Kier alpha value is -2.21. The zero-order chi connectivity index (χ0) is 17.0. The van der Waals surface area contributed by atoms with Gasteiger partial charge in [0.1, 0.15) is 5.82 Å². The average molecular weight is 337 g/mol. The standard InChI is InChI=1S/C19H23N5O/c1-13-21-22-18(25-13)14-11-19(14)7-9-24(10-8-19)12-17-20-15-5-3-4-6-16(15)23(17)2/h3-6,14H,7-12H2,1-2H3. The van der Waals surface area contributed by atoms with Crippen LogP contribution < -0.4 is 0 Å². The molecule has 1 aromatic carbocycles. The fourth-order valence-corrected chi connectivity index (χ4v) is 4.40. The fraction of sp³-hybridized carbons (Fsp3) is 0.526. The molecule has 6 heteroatoms. The van der Waals surface area contributed by atoms with Crippen molar-refractivity contribution in [3.8, 4) is 0 Å². The first-order chi connectivity index (χ1) is 12.1. The predicted molar refractivity (Wildman–Crippen MR) is 94.1 cm³/mol. The van der Waals surface area contributed by atoms with Gasteiger partial charge in [0.15, 0.2) is 0 Å². The third kappa shape index (κ3) is 2.47. The van der Waals surface area contributed by atoms with Crippen LogP contribution in [0.5, 0.6) is 0 Å². The topological polar surface area (TPSA) is 60.0 Å². The van der Waals surface area contributed by atoms with E-state index in [0.717, 1.165) is 36.9 Å². The molecule has 0 amide bonds. The van der Waals surface area contributed by atoms with Crippen molar-refractivity contribution in [3.63, 3.8) is 0 Å². The summed E-state index contributed by atoms with van der Waals surface area (Å²) in [5.74, 6) is 3.15. The summed E-state index contributed by atoms with van der Waals surface area (Å²) in [4.78, 5) is 7.34. The largest absolute Gasteiger partial charge is 0.425 e. The number of imidazole rings is 1. The van der Waals surface area contributed by atoms with Gasteiger partial charge >= 0.3 is 0 Å². The Kier molecular flexibility index (Phi) is 3.25. The van der Waals surface area contributed by atoms with E-state index in [2.05, 4.69) is 51.0 Å². The molecule has 0 bridgehead atoms. The van der Waals surface area contributed by atoms with Crippen LogP contribution in [0.1, 0.15) is 42.8 Å². The summed E-state index contributed by atoms with van der Waals surface area (Å²) in [5, 5.41) is 8.23. The molecule has 25 heavy (non-hydrogen) atoms. The molecule has 1 saturated heterocycles. The van der Waals surface area contributed by atoms with E-state index in [9.17, 15) is 0 Å². The summed E-state index contributed by atoms with van der Waals surface area (Å²) in [6.07, 6.45) is 3.63. The van der Waals surface area contributed by atoms with Gasteiger partial charge in [0.2, 0.25) is 11.8 Å². The lowest BCUT2D eigenvalue weighted by Crippen LogP contribution is -2.35. The zero-order valence-corrected chi connectivity index (χ0v) is 14.8. The minimum absolute atomic E-state index is 0.405. The second-order valence-corrected chi connectivity index (χ2v) is 7.63. The van der Waals surface area contributed by atoms with Crippen molar-refractivity contribution in [1.82, 2.24) is 24.6 Å². The second kappa shape index (κ2) is 5.39. The van der Waals surface area contributed by atoms with Crippen molar-refractivity contribution >= 4 is 11.0 Å². The van der Waals surface area contributed by atoms with Gasteiger partial charge in [0, 0.05) is 19.9 Å². The molecule has 0 N–H and O–H groups in total. The van der Waals surface area contributed by atoms with E-state index in [1.807, 2.05) is 6.92 Å². The molecule has 1 spiro atoms. The van der Waals surface area contributed by atoms with Crippen LogP contribution in [0, 0.1) is 12.3 Å². The van der Waals surface area contributed by atoms with Gasteiger partial charge in [-0.15, -0.1) is 10.2 Å². The molecule has 1 saturated carbocycles. The van der Waals surface area contributed by atoms with Gasteiger partial charge < -0.3 is 8.98 Å². The molecule has 1 unspecified atom stereocenters. The van der Waals surface area contributed by atoms with Crippen LogP contribution in [0.3, 0.4) is 0 Å². The zero-order valence-electron chi connectivity index (χ0n) is 14.8. The van der Waals surface area contributed by atoms with Gasteiger partial charge in [0.05, 0.1) is 17.6 Å². The number of aromatic nitrogens is 4. The highest BCUT2D eigenvalue weighted by Crippen LogP contribution is 2.64. The van der Waals surface area contributed by atoms with Crippen molar-refractivity contribution in [2.75, 3.05) is 13.1 Å². The molecule has 1 aliphatic carbocycles. The number of nitrogens with zero attached hydrogens (tertiary/aromatic N) is 5. The van der Waals surface area contributed by atoms with E-state index in [0.29, 0.717) is 17.2 Å². The number of hydrogen-bond donors (Lipinski definition) is 0. The molecule has 2 aromatic heterocycles. The van der Waals surface area contributed by atoms with Crippen LogP contribution in [-0.2, 0) is 13.6 Å². The van der Waals surface area contributed by atoms with Crippen LogP contribution in [0.4, 0.5) is 0 Å². The lowest BCUT2D eigenvalue weighted by atomic mass is 9.91. The SMILES string of the molecule is Cc1nnc(C2CC23CCN(Cc2nc4ccccc4n2C)CC3)o1. The molecule has 3 heterocycles. The minimum Gasteiger partial charge on any atom is -0.425 e. The van der Waals surface area contributed by atoms with Gasteiger partial charge in [-0.2, -0.15) is 0 Å². The Balaban J connectivity index is 1.26. The molecule has 0 radical (unpaired) electrons. The van der Waals surface area contributed by atoms with E-state index in [-0.39, 0.29) is 0 Å². The molecule has 130 valence electrons.